The summed E-state index contributed by atoms with van der Waals surface area (Å²) in [5.74, 6) is 0.949. The van der Waals surface area contributed by atoms with E-state index in [4.69, 9.17) is 4.74 Å². The second kappa shape index (κ2) is 6.31. The van der Waals surface area contributed by atoms with Crippen molar-refractivity contribution >= 4 is 0 Å². The Morgan fingerprint density at radius 2 is 1.81 bits per heavy atom. The molecule has 1 saturated carbocycles. The minimum Gasteiger partial charge on any atom is -0.484 e. The Kier molecular flexibility index (Phi) is 4.26. The van der Waals surface area contributed by atoms with Crippen LogP contribution in [0.3, 0.4) is 0 Å². The highest BCUT2D eigenvalue weighted by Gasteiger charge is 2.23. The van der Waals surface area contributed by atoms with Crippen molar-refractivity contribution in [2.24, 2.45) is 0 Å². The number of hydrogen-bond acceptors (Lipinski definition) is 2. The van der Waals surface area contributed by atoms with Crippen LogP contribution in [0.15, 0.2) is 48.5 Å². The molecule has 110 valence electrons. The fourth-order valence-corrected chi connectivity index (χ4v) is 2.41. The molecule has 0 amide bonds. The van der Waals surface area contributed by atoms with Gasteiger partial charge in [0, 0.05) is 12.6 Å². The van der Waals surface area contributed by atoms with Gasteiger partial charge in [-0.2, -0.15) is 0 Å². The molecule has 2 aromatic rings. The fourth-order valence-electron chi connectivity index (χ4n) is 2.41. The minimum absolute atomic E-state index is 0.0638. The lowest BCUT2D eigenvalue weighted by atomic mass is 10.1. The number of rotatable bonds is 6. The second-order valence-corrected chi connectivity index (χ2v) is 5.95. The van der Waals surface area contributed by atoms with Gasteiger partial charge in [-0.15, -0.1) is 0 Å². The van der Waals surface area contributed by atoms with Crippen molar-refractivity contribution in [3.63, 3.8) is 0 Å². The molecule has 1 fully saturated rings. The van der Waals surface area contributed by atoms with Crippen molar-refractivity contribution < 1.29 is 4.74 Å². The number of ether oxygens (including phenoxy) is 1. The zero-order valence-electron chi connectivity index (χ0n) is 12.8. The van der Waals surface area contributed by atoms with E-state index in [-0.39, 0.29) is 6.10 Å². The Morgan fingerprint density at radius 1 is 1.05 bits per heavy atom. The summed E-state index contributed by atoms with van der Waals surface area (Å²) in [6.07, 6.45) is 2.66. The van der Waals surface area contributed by atoms with Crippen LogP contribution in [0.1, 0.15) is 35.6 Å². The summed E-state index contributed by atoms with van der Waals surface area (Å²) in [4.78, 5) is 0. The highest BCUT2D eigenvalue weighted by atomic mass is 16.5. The lowest BCUT2D eigenvalue weighted by Gasteiger charge is -2.21. The third-order valence-corrected chi connectivity index (χ3v) is 4.10. The molecule has 2 heteroatoms. The zero-order chi connectivity index (χ0) is 14.7. The van der Waals surface area contributed by atoms with Gasteiger partial charge in [0.05, 0.1) is 0 Å². The molecular weight excluding hydrogens is 258 g/mol. The SMILES string of the molecule is Cc1ccc(OC(CNC2CC2)c2ccccc2)cc1C. The number of nitrogens with one attached hydrogen (secondary N) is 1. The zero-order valence-corrected chi connectivity index (χ0v) is 12.8. The molecule has 0 saturated heterocycles. The highest BCUT2D eigenvalue weighted by Crippen LogP contribution is 2.25. The van der Waals surface area contributed by atoms with Crippen LogP contribution in [0, 0.1) is 13.8 Å². The van der Waals surface area contributed by atoms with Gasteiger partial charge in [-0.1, -0.05) is 36.4 Å². The molecule has 2 nitrogen and oxygen atoms in total. The van der Waals surface area contributed by atoms with Gasteiger partial charge in [0.2, 0.25) is 0 Å². The van der Waals surface area contributed by atoms with Gasteiger partial charge in [0.15, 0.2) is 0 Å². The van der Waals surface area contributed by atoms with Gasteiger partial charge < -0.3 is 10.1 Å². The normalized spacial score (nSPS) is 15.7. The van der Waals surface area contributed by atoms with E-state index in [1.54, 1.807) is 0 Å². The summed E-state index contributed by atoms with van der Waals surface area (Å²) < 4.78 is 6.25. The van der Waals surface area contributed by atoms with E-state index in [0.717, 1.165) is 12.3 Å². The minimum atomic E-state index is 0.0638. The molecule has 1 atom stereocenters. The largest absolute Gasteiger partial charge is 0.484 e. The van der Waals surface area contributed by atoms with E-state index in [0.29, 0.717) is 6.04 Å². The molecule has 1 N–H and O–H groups in total. The molecule has 3 rings (SSSR count). The van der Waals surface area contributed by atoms with Crippen LogP contribution < -0.4 is 10.1 Å². The maximum absolute atomic E-state index is 6.25. The first-order valence-corrected chi connectivity index (χ1v) is 7.74. The summed E-state index contributed by atoms with van der Waals surface area (Å²) in [7, 11) is 0. The van der Waals surface area contributed by atoms with Gasteiger partial charge in [-0.3, -0.25) is 0 Å². The lowest BCUT2D eigenvalue weighted by molar-refractivity contribution is 0.201. The molecule has 21 heavy (non-hydrogen) atoms. The third kappa shape index (κ3) is 3.85. The molecular formula is C19H23NO. The molecule has 0 heterocycles. The standard InChI is InChI=1S/C19H23NO/c1-14-8-11-18(12-15(14)2)21-19(13-20-17-9-10-17)16-6-4-3-5-7-16/h3-8,11-12,17,19-20H,9-10,13H2,1-2H3. The molecule has 1 aliphatic carbocycles. The van der Waals surface area contributed by atoms with Crippen molar-refractivity contribution in [2.45, 2.75) is 38.8 Å². The predicted molar refractivity (Wildman–Crippen MR) is 86.8 cm³/mol. The maximum atomic E-state index is 6.25. The first-order chi connectivity index (χ1) is 10.2. The van der Waals surface area contributed by atoms with Crippen molar-refractivity contribution in [1.82, 2.24) is 5.32 Å². The number of aryl methyl sites for hydroxylation is 2. The Bertz CT molecular complexity index is 590. The Hall–Kier alpha value is -1.80. The molecule has 0 aliphatic heterocycles. The summed E-state index contributed by atoms with van der Waals surface area (Å²) in [6.45, 7) is 5.12. The predicted octanol–water partition coefficient (Wildman–Crippen LogP) is 4.18. The van der Waals surface area contributed by atoms with E-state index >= 15 is 0 Å². The van der Waals surface area contributed by atoms with Gasteiger partial charge in [0.1, 0.15) is 11.9 Å². The van der Waals surface area contributed by atoms with Crippen LogP contribution in [0.5, 0.6) is 5.75 Å². The van der Waals surface area contributed by atoms with E-state index in [9.17, 15) is 0 Å². The molecule has 1 unspecified atom stereocenters. The fraction of sp³-hybridized carbons (Fsp3) is 0.368. The maximum Gasteiger partial charge on any atom is 0.136 e. The van der Waals surface area contributed by atoms with Gasteiger partial charge in [-0.25, -0.2) is 0 Å². The average molecular weight is 281 g/mol. The Labute approximate surface area is 127 Å². The first-order valence-electron chi connectivity index (χ1n) is 7.74. The molecule has 2 aromatic carbocycles. The molecule has 0 bridgehead atoms. The van der Waals surface area contributed by atoms with Crippen molar-refractivity contribution in [3.8, 4) is 5.75 Å². The third-order valence-electron chi connectivity index (χ3n) is 4.10. The number of benzene rings is 2. The Morgan fingerprint density at radius 3 is 2.48 bits per heavy atom. The quantitative estimate of drug-likeness (QED) is 0.858. The van der Waals surface area contributed by atoms with E-state index < -0.39 is 0 Å². The molecule has 0 spiro atoms. The van der Waals surface area contributed by atoms with Gasteiger partial charge >= 0.3 is 0 Å². The van der Waals surface area contributed by atoms with Crippen LogP contribution in [-0.4, -0.2) is 12.6 Å². The van der Waals surface area contributed by atoms with Crippen molar-refractivity contribution in [3.05, 3.63) is 65.2 Å². The lowest BCUT2D eigenvalue weighted by Crippen LogP contribution is -2.26. The van der Waals surface area contributed by atoms with Crippen molar-refractivity contribution in [1.29, 1.82) is 0 Å². The Balaban J connectivity index is 1.75. The number of hydrogen-bond donors (Lipinski definition) is 1. The van der Waals surface area contributed by atoms with E-state index in [1.807, 2.05) is 6.07 Å². The molecule has 0 radical (unpaired) electrons. The smallest absolute Gasteiger partial charge is 0.136 e. The van der Waals surface area contributed by atoms with Gasteiger partial charge in [-0.05, 0) is 55.5 Å². The molecule has 0 aromatic heterocycles. The van der Waals surface area contributed by atoms with Crippen LogP contribution in [0.4, 0.5) is 0 Å². The van der Waals surface area contributed by atoms with E-state index in [2.05, 4.69) is 61.6 Å². The second-order valence-electron chi connectivity index (χ2n) is 5.95. The average Bonchev–Trinajstić information content (AvgIpc) is 3.32. The van der Waals surface area contributed by atoms with Crippen LogP contribution in [0.25, 0.3) is 0 Å². The van der Waals surface area contributed by atoms with Crippen molar-refractivity contribution in [2.75, 3.05) is 6.54 Å². The van der Waals surface area contributed by atoms with Crippen LogP contribution in [0.2, 0.25) is 0 Å². The topological polar surface area (TPSA) is 21.3 Å². The highest BCUT2D eigenvalue weighted by molar-refractivity contribution is 5.34. The summed E-state index contributed by atoms with van der Waals surface area (Å²) in [5.41, 5.74) is 3.80. The summed E-state index contributed by atoms with van der Waals surface area (Å²) in [5, 5.41) is 3.58. The van der Waals surface area contributed by atoms with Crippen LogP contribution >= 0.6 is 0 Å². The van der Waals surface area contributed by atoms with Gasteiger partial charge in [0.25, 0.3) is 0 Å². The monoisotopic (exact) mass is 281 g/mol. The summed E-state index contributed by atoms with van der Waals surface area (Å²) in [6, 6.07) is 17.5. The van der Waals surface area contributed by atoms with Crippen LogP contribution in [-0.2, 0) is 0 Å². The van der Waals surface area contributed by atoms with E-state index in [1.165, 1.54) is 29.5 Å². The summed E-state index contributed by atoms with van der Waals surface area (Å²) >= 11 is 0. The molecule has 1 aliphatic rings. The first kappa shape index (κ1) is 14.2.